The van der Waals surface area contributed by atoms with Gasteiger partial charge in [-0.2, -0.15) is 0 Å². The average Bonchev–Trinajstić information content (AvgIpc) is 2.44. The van der Waals surface area contributed by atoms with E-state index >= 15 is 0 Å². The monoisotopic (exact) mass is 269 g/mol. The van der Waals surface area contributed by atoms with Crippen molar-refractivity contribution in [2.45, 2.75) is 57.2 Å². The minimum atomic E-state index is -0.135. The maximum Gasteiger partial charge on any atom is 0.0610 e. The summed E-state index contributed by atoms with van der Waals surface area (Å²) in [4.78, 5) is 5.31. The van der Waals surface area contributed by atoms with Crippen molar-refractivity contribution < 1.29 is 5.11 Å². The lowest BCUT2D eigenvalue weighted by atomic mass is 9.95. The zero-order valence-corrected chi connectivity index (χ0v) is 12.9. The zero-order chi connectivity index (χ0) is 13.9. The van der Waals surface area contributed by atoms with E-state index in [2.05, 4.69) is 29.0 Å². The van der Waals surface area contributed by atoms with Crippen molar-refractivity contribution in [3.05, 3.63) is 0 Å². The quantitative estimate of drug-likeness (QED) is 0.778. The molecule has 4 nitrogen and oxygen atoms in total. The van der Waals surface area contributed by atoms with E-state index in [1.54, 1.807) is 0 Å². The largest absolute Gasteiger partial charge is 0.394 e. The number of piperazine rings is 1. The molecule has 0 aliphatic carbocycles. The highest BCUT2D eigenvalue weighted by Gasteiger charge is 2.33. The first-order chi connectivity index (χ1) is 9.08. The van der Waals surface area contributed by atoms with Crippen molar-refractivity contribution in [3.63, 3.8) is 0 Å². The van der Waals surface area contributed by atoms with Gasteiger partial charge in [-0.25, -0.2) is 0 Å². The van der Waals surface area contributed by atoms with Crippen LogP contribution in [0.5, 0.6) is 0 Å². The summed E-state index contributed by atoms with van der Waals surface area (Å²) in [5, 5.41) is 12.7. The van der Waals surface area contributed by atoms with Crippen LogP contribution in [0, 0.1) is 0 Å². The molecule has 2 N–H and O–H groups in total. The number of hydrogen-bond donors (Lipinski definition) is 2. The maximum atomic E-state index is 9.48. The second kappa shape index (κ2) is 6.53. The van der Waals surface area contributed by atoms with Crippen molar-refractivity contribution >= 4 is 0 Å². The van der Waals surface area contributed by atoms with Crippen LogP contribution < -0.4 is 5.32 Å². The summed E-state index contributed by atoms with van der Waals surface area (Å²) in [6, 6.07) is 1.43. The van der Waals surface area contributed by atoms with Crippen LogP contribution >= 0.6 is 0 Å². The normalized spacial score (nSPS) is 32.8. The number of hydrogen-bond acceptors (Lipinski definition) is 4. The lowest BCUT2D eigenvalue weighted by Crippen LogP contribution is -2.59. The van der Waals surface area contributed by atoms with Gasteiger partial charge < -0.3 is 10.4 Å². The second-order valence-electron chi connectivity index (χ2n) is 6.71. The third-order valence-corrected chi connectivity index (χ3v) is 5.22. The third kappa shape index (κ3) is 3.69. The molecule has 3 unspecified atom stereocenters. The molecule has 112 valence electrons. The first kappa shape index (κ1) is 15.2. The lowest BCUT2D eigenvalue weighted by Gasteiger charge is -2.48. The molecule has 0 amide bonds. The molecule has 2 aliphatic heterocycles. The Kier molecular flexibility index (Phi) is 5.23. The van der Waals surface area contributed by atoms with Gasteiger partial charge in [-0.3, -0.25) is 9.80 Å². The van der Waals surface area contributed by atoms with E-state index < -0.39 is 0 Å². The average molecular weight is 269 g/mol. The summed E-state index contributed by atoms with van der Waals surface area (Å²) < 4.78 is 0. The number of aliphatic hydroxyl groups excluding tert-OH is 1. The topological polar surface area (TPSA) is 38.7 Å². The van der Waals surface area contributed by atoms with Gasteiger partial charge in [-0.15, -0.1) is 0 Å². The first-order valence-corrected chi connectivity index (χ1v) is 7.86. The van der Waals surface area contributed by atoms with E-state index in [9.17, 15) is 5.11 Å². The van der Waals surface area contributed by atoms with Crippen LogP contribution in [-0.2, 0) is 0 Å². The van der Waals surface area contributed by atoms with Gasteiger partial charge in [0, 0.05) is 37.3 Å². The first-order valence-electron chi connectivity index (χ1n) is 7.86. The maximum absolute atomic E-state index is 9.48. The summed E-state index contributed by atoms with van der Waals surface area (Å²) in [5.41, 5.74) is -0.135. The molecule has 2 rings (SSSR count). The van der Waals surface area contributed by atoms with Gasteiger partial charge in [0.25, 0.3) is 0 Å². The predicted octanol–water partition coefficient (Wildman–Crippen LogP) is 0.906. The fourth-order valence-electron chi connectivity index (χ4n) is 3.40. The van der Waals surface area contributed by atoms with Gasteiger partial charge in [0.2, 0.25) is 0 Å². The molecule has 2 heterocycles. The standard InChI is InChI=1S/C15H31N3O/c1-13-10-18-8-5-4-6-14(18)11-17(13)9-7-15(2,12-19)16-3/h13-14,16,19H,4-12H2,1-3H3. The molecule has 4 heteroatoms. The number of aliphatic hydroxyl groups is 1. The highest BCUT2D eigenvalue weighted by Crippen LogP contribution is 2.24. The SMILES string of the molecule is CNC(C)(CO)CCN1CC2CCCCN2CC1C. The summed E-state index contributed by atoms with van der Waals surface area (Å²) in [6.07, 6.45) is 5.16. The van der Waals surface area contributed by atoms with Crippen LogP contribution in [0.25, 0.3) is 0 Å². The van der Waals surface area contributed by atoms with Crippen molar-refractivity contribution in [3.8, 4) is 0 Å². The van der Waals surface area contributed by atoms with Crippen LogP contribution in [0.1, 0.15) is 39.5 Å². The minimum absolute atomic E-state index is 0.135. The fraction of sp³-hybridized carbons (Fsp3) is 1.00. The van der Waals surface area contributed by atoms with Crippen LogP contribution in [0.2, 0.25) is 0 Å². The van der Waals surface area contributed by atoms with Crippen molar-refractivity contribution in [1.82, 2.24) is 15.1 Å². The molecular weight excluding hydrogens is 238 g/mol. The molecule has 2 aliphatic rings. The summed E-state index contributed by atoms with van der Waals surface area (Å²) in [5.74, 6) is 0. The fourth-order valence-corrected chi connectivity index (χ4v) is 3.40. The van der Waals surface area contributed by atoms with E-state index in [0.717, 1.165) is 19.0 Å². The van der Waals surface area contributed by atoms with Gasteiger partial charge in [-0.05, 0) is 46.7 Å². The van der Waals surface area contributed by atoms with Crippen LogP contribution in [0.3, 0.4) is 0 Å². The predicted molar refractivity (Wildman–Crippen MR) is 79.4 cm³/mol. The smallest absolute Gasteiger partial charge is 0.0610 e. The Morgan fingerprint density at radius 3 is 2.79 bits per heavy atom. The molecule has 2 fully saturated rings. The number of rotatable bonds is 5. The number of nitrogens with zero attached hydrogens (tertiary/aromatic N) is 2. The van der Waals surface area contributed by atoms with Crippen molar-refractivity contribution in [1.29, 1.82) is 0 Å². The summed E-state index contributed by atoms with van der Waals surface area (Å²) >= 11 is 0. The summed E-state index contributed by atoms with van der Waals surface area (Å²) in [6.45, 7) is 9.49. The van der Waals surface area contributed by atoms with Gasteiger partial charge in [0.15, 0.2) is 0 Å². The van der Waals surface area contributed by atoms with E-state index in [0.29, 0.717) is 6.04 Å². The van der Waals surface area contributed by atoms with Gasteiger partial charge in [-0.1, -0.05) is 6.42 Å². The van der Waals surface area contributed by atoms with E-state index in [-0.39, 0.29) is 12.1 Å². The number of likely N-dealkylation sites (N-methyl/N-ethyl adjacent to an activating group) is 1. The Labute approximate surface area is 118 Å². The Morgan fingerprint density at radius 2 is 2.11 bits per heavy atom. The Morgan fingerprint density at radius 1 is 1.32 bits per heavy atom. The number of nitrogens with one attached hydrogen (secondary N) is 1. The van der Waals surface area contributed by atoms with Crippen LogP contribution in [0.15, 0.2) is 0 Å². The highest BCUT2D eigenvalue weighted by molar-refractivity contribution is 4.91. The van der Waals surface area contributed by atoms with Crippen molar-refractivity contribution in [2.24, 2.45) is 0 Å². The molecule has 3 atom stereocenters. The van der Waals surface area contributed by atoms with Crippen molar-refractivity contribution in [2.75, 3.05) is 39.8 Å². The highest BCUT2D eigenvalue weighted by atomic mass is 16.3. The molecule has 0 saturated carbocycles. The van der Waals surface area contributed by atoms with E-state index in [1.807, 2.05) is 7.05 Å². The molecule has 2 saturated heterocycles. The van der Waals surface area contributed by atoms with Crippen LogP contribution in [-0.4, -0.2) is 72.4 Å². The number of fused-ring (bicyclic) bond motifs is 1. The molecule has 0 aromatic rings. The Bertz CT molecular complexity index is 281. The molecule has 0 spiro atoms. The third-order valence-electron chi connectivity index (χ3n) is 5.22. The molecule has 0 radical (unpaired) electrons. The lowest BCUT2D eigenvalue weighted by molar-refractivity contribution is 0.00945. The molecule has 0 aromatic heterocycles. The van der Waals surface area contributed by atoms with Gasteiger partial charge in [0.1, 0.15) is 0 Å². The van der Waals surface area contributed by atoms with Gasteiger partial charge in [0.05, 0.1) is 6.61 Å². The number of piperidine rings is 1. The second-order valence-corrected chi connectivity index (χ2v) is 6.71. The molecule has 0 aromatic carbocycles. The zero-order valence-electron chi connectivity index (χ0n) is 12.9. The van der Waals surface area contributed by atoms with Gasteiger partial charge >= 0.3 is 0 Å². The van der Waals surface area contributed by atoms with E-state index in [4.69, 9.17) is 0 Å². The molecule has 19 heavy (non-hydrogen) atoms. The minimum Gasteiger partial charge on any atom is -0.394 e. The van der Waals surface area contributed by atoms with Crippen LogP contribution in [0.4, 0.5) is 0 Å². The van der Waals surface area contributed by atoms with E-state index in [1.165, 1.54) is 38.9 Å². The Balaban J connectivity index is 1.86. The molecular formula is C15H31N3O. The Hall–Kier alpha value is -0.160. The summed E-state index contributed by atoms with van der Waals surface area (Å²) in [7, 11) is 1.94. The molecule has 0 bridgehead atoms.